The van der Waals surface area contributed by atoms with Gasteiger partial charge in [0, 0.05) is 11.8 Å². The Kier molecular flexibility index (Phi) is 7.29. The molecule has 0 radical (unpaired) electrons. The molecular weight excluding hydrogens is 314 g/mol. The standard InChI is InChI=1S/C25H35N/c1-3-5-7-22-8-6-9-23(18-22)11-10-21-12-15-24(16-13-21)25-17-14-20(4-2)19-26-25/h12-17,19,22-23H,3-11,18H2,1-2H3. The summed E-state index contributed by atoms with van der Waals surface area (Å²) >= 11 is 0. The maximum atomic E-state index is 4.60. The Morgan fingerprint density at radius 1 is 0.885 bits per heavy atom. The third kappa shape index (κ3) is 5.43. The fourth-order valence-electron chi connectivity index (χ4n) is 4.44. The molecule has 0 spiro atoms. The Hall–Kier alpha value is -1.63. The molecule has 0 amide bonds. The molecule has 1 heterocycles. The topological polar surface area (TPSA) is 12.9 Å². The minimum Gasteiger partial charge on any atom is -0.256 e. The first-order chi connectivity index (χ1) is 12.8. The van der Waals surface area contributed by atoms with Gasteiger partial charge < -0.3 is 0 Å². The lowest BCUT2D eigenvalue weighted by Crippen LogP contribution is -2.16. The smallest absolute Gasteiger partial charge is 0.0702 e. The van der Waals surface area contributed by atoms with E-state index in [9.17, 15) is 0 Å². The summed E-state index contributed by atoms with van der Waals surface area (Å²) in [5.74, 6) is 1.96. The molecule has 2 atom stereocenters. The van der Waals surface area contributed by atoms with Gasteiger partial charge in [0.25, 0.3) is 0 Å². The van der Waals surface area contributed by atoms with E-state index < -0.39 is 0 Å². The highest BCUT2D eigenvalue weighted by Gasteiger charge is 2.21. The predicted octanol–water partition coefficient (Wildman–Crippen LogP) is 7.24. The van der Waals surface area contributed by atoms with Crippen molar-refractivity contribution in [1.29, 1.82) is 0 Å². The fourth-order valence-corrected chi connectivity index (χ4v) is 4.44. The molecule has 1 heteroatoms. The molecule has 26 heavy (non-hydrogen) atoms. The first-order valence-electron chi connectivity index (χ1n) is 10.8. The van der Waals surface area contributed by atoms with Crippen molar-refractivity contribution in [2.75, 3.05) is 0 Å². The molecule has 1 saturated carbocycles. The van der Waals surface area contributed by atoms with E-state index >= 15 is 0 Å². The van der Waals surface area contributed by atoms with Gasteiger partial charge in [-0.25, -0.2) is 0 Å². The van der Waals surface area contributed by atoms with Crippen LogP contribution in [0.4, 0.5) is 0 Å². The van der Waals surface area contributed by atoms with Gasteiger partial charge >= 0.3 is 0 Å². The molecule has 1 aromatic carbocycles. The largest absolute Gasteiger partial charge is 0.256 e. The first kappa shape index (κ1) is 19.1. The SMILES string of the molecule is CCCCC1CCCC(CCc2ccc(-c3ccc(CC)cn3)cc2)C1. The van der Waals surface area contributed by atoms with E-state index in [1.165, 1.54) is 74.5 Å². The summed E-state index contributed by atoms with van der Waals surface area (Å²) in [7, 11) is 0. The summed E-state index contributed by atoms with van der Waals surface area (Å²) < 4.78 is 0. The van der Waals surface area contributed by atoms with Gasteiger partial charge in [-0.05, 0) is 54.7 Å². The van der Waals surface area contributed by atoms with Crippen LogP contribution in [0.25, 0.3) is 11.3 Å². The van der Waals surface area contributed by atoms with Crippen LogP contribution in [0.15, 0.2) is 42.6 Å². The van der Waals surface area contributed by atoms with Crippen molar-refractivity contribution in [3.8, 4) is 11.3 Å². The van der Waals surface area contributed by atoms with E-state index in [1.807, 2.05) is 6.20 Å². The lowest BCUT2D eigenvalue weighted by Gasteiger charge is -2.29. The average molecular weight is 350 g/mol. The van der Waals surface area contributed by atoms with E-state index in [0.717, 1.165) is 24.0 Å². The van der Waals surface area contributed by atoms with Crippen LogP contribution < -0.4 is 0 Å². The number of unbranched alkanes of at least 4 members (excludes halogenated alkanes) is 1. The van der Waals surface area contributed by atoms with Crippen molar-refractivity contribution in [2.45, 2.75) is 78.1 Å². The Morgan fingerprint density at radius 2 is 1.62 bits per heavy atom. The van der Waals surface area contributed by atoms with Crippen molar-refractivity contribution in [2.24, 2.45) is 11.8 Å². The van der Waals surface area contributed by atoms with E-state index in [1.54, 1.807) is 0 Å². The Morgan fingerprint density at radius 3 is 2.27 bits per heavy atom. The molecular formula is C25H35N. The van der Waals surface area contributed by atoms with Crippen molar-refractivity contribution in [3.05, 3.63) is 53.7 Å². The summed E-state index contributed by atoms with van der Waals surface area (Å²) in [6, 6.07) is 13.4. The van der Waals surface area contributed by atoms with Gasteiger partial charge in [-0.15, -0.1) is 0 Å². The molecule has 140 valence electrons. The van der Waals surface area contributed by atoms with Crippen LogP contribution in [-0.2, 0) is 12.8 Å². The van der Waals surface area contributed by atoms with Crippen LogP contribution >= 0.6 is 0 Å². The summed E-state index contributed by atoms with van der Waals surface area (Å²) in [5, 5.41) is 0. The Labute approximate surface area is 160 Å². The highest BCUT2D eigenvalue weighted by molar-refractivity contribution is 5.59. The number of aromatic nitrogens is 1. The zero-order valence-electron chi connectivity index (χ0n) is 16.7. The summed E-state index contributed by atoms with van der Waals surface area (Å²) in [6.07, 6.45) is 15.8. The first-order valence-corrected chi connectivity index (χ1v) is 10.8. The number of nitrogens with zero attached hydrogens (tertiary/aromatic N) is 1. The van der Waals surface area contributed by atoms with Crippen molar-refractivity contribution in [3.63, 3.8) is 0 Å². The highest BCUT2D eigenvalue weighted by Crippen LogP contribution is 2.34. The van der Waals surface area contributed by atoms with E-state index in [4.69, 9.17) is 0 Å². The molecule has 0 N–H and O–H groups in total. The Bertz CT molecular complexity index is 641. The quantitative estimate of drug-likeness (QED) is 0.489. The van der Waals surface area contributed by atoms with Gasteiger partial charge in [-0.1, -0.05) is 82.7 Å². The summed E-state index contributed by atoms with van der Waals surface area (Å²) in [5.41, 5.74) is 5.10. The lowest BCUT2D eigenvalue weighted by molar-refractivity contribution is 0.241. The zero-order valence-corrected chi connectivity index (χ0v) is 16.7. The third-order valence-corrected chi connectivity index (χ3v) is 6.18. The van der Waals surface area contributed by atoms with E-state index in [-0.39, 0.29) is 0 Å². The number of pyridine rings is 1. The van der Waals surface area contributed by atoms with Gasteiger partial charge in [0.05, 0.1) is 5.69 Å². The van der Waals surface area contributed by atoms with Crippen LogP contribution in [0.2, 0.25) is 0 Å². The number of hydrogen-bond acceptors (Lipinski definition) is 1. The number of aryl methyl sites for hydroxylation is 2. The van der Waals surface area contributed by atoms with Gasteiger partial charge in [0.15, 0.2) is 0 Å². The molecule has 1 aromatic heterocycles. The monoisotopic (exact) mass is 349 g/mol. The molecule has 0 aliphatic heterocycles. The van der Waals surface area contributed by atoms with Crippen LogP contribution in [0.3, 0.4) is 0 Å². The molecule has 2 unspecified atom stereocenters. The Balaban J connectivity index is 1.51. The molecule has 1 nitrogen and oxygen atoms in total. The van der Waals surface area contributed by atoms with Crippen LogP contribution in [-0.4, -0.2) is 4.98 Å². The van der Waals surface area contributed by atoms with E-state index in [2.05, 4.69) is 55.2 Å². The van der Waals surface area contributed by atoms with Crippen LogP contribution in [0, 0.1) is 11.8 Å². The number of benzene rings is 1. The third-order valence-electron chi connectivity index (χ3n) is 6.18. The summed E-state index contributed by atoms with van der Waals surface area (Å²) in [6.45, 7) is 4.49. The molecule has 1 aliphatic rings. The van der Waals surface area contributed by atoms with Gasteiger partial charge in [0.1, 0.15) is 0 Å². The van der Waals surface area contributed by atoms with E-state index in [0.29, 0.717) is 0 Å². The minimum atomic E-state index is 0.952. The van der Waals surface area contributed by atoms with Crippen LogP contribution in [0.1, 0.15) is 76.3 Å². The molecule has 1 aliphatic carbocycles. The molecule has 1 fully saturated rings. The predicted molar refractivity (Wildman–Crippen MR) is 112 cm³/mol. The molecule has 0 bridgehead atoms. The second-order valence-electron chi connectivity index (χ2n) is 8.18. The van der Waals surface area contributed by atoms with Crippen molar-refractivity contribution < 1.29 is 0 Å². The molecule has 2 aromatic rings. The number of hydrogen-bond donors (Lipinski definition) is 0. The minimum absolute atomic E-state index is 0.952. The maximum absolute atomic E-state index is 4.60. The normalized spacial score (nSPS) is 20.2. The lowest BCUT2D eigenvalue weighted by atomic mass is 9.77. The van der Waals surface area contributed by atoms with Gasteiger partial charge in [-0.3, -0.25) is 4.98 Å². The number of rotatable bonds is 8. The fraction of sp³-hybridized carbons (Fsp3) is 0.560. The highest BCUT2D eigenvalue weighted by atomic mass is 14.7. The van der Waals surface area contributed by atoms with Gasteiger partial charge in [0.2, 0.25) is 0 Å². The molecule has 0 saturated heterocycles. The second kappa shape index (κ2) is 9.90. The van der Waals surface area contributed by atoms with Crippen molar-refractivity contribution >= 4 is 0 Å². The van der Waals surface area contributed by atoms with Crippen molar-refractivity contribution in [1.82, 2.24) is 4.98 Å². The zero-order chi connectivity index (χ0) is 18.2. The van der Waals surface area contributed by atoms with Gasteiger partial charge in [-0.2, -0.15) is 0 Å². The second-order valence-corrected chi connectivity index (χ2v) is 8.18. The molecule has 3 rings (SSSR count). The summed E-state index contributed by atoms with van der Waals surface area (Å²) in [4.78, 5) is 4.60. The maximum Gasteiger partial charge on any atom is 0.0702 e. The van der Waals surface area contributed by atoms with Crippen LogP contribution in [0.5, 0.6) is 0 Å². The average Bonchev–Trinajstić information content (AvgIpc) is 2.71.